The van der Waals surface area contributed by atoms with Crippen molar-refractivity contribution in [2.24, 2.45) is 5.92 Å². The first-order valence-corrected chi connectivity index (χ1v) is 7.30. The maximum absolute atomic E-state index is 12.0. The minimum atomic E-state index is 0.267. The van der Waals surface area contributed by atoms with Gasteiger partial charge in [0.05, 0.1) is 6.54 Å². The molecule has 1 amide bonds. The molecule has 1 aromatic carbocycles. The second kappa shape index (κ2) is 5.33. The summed E-state index contributed by atoms with van der Waals surface area (Å²) in [6, 6.07) is 11.1. The van der Waals surface area contributed by atoms with Crippen molar-refractivity contribution < 1.29 is 4.79 Å². The highest BCUT2D eigenvalue weighted by molar-refractivity contribution is 5.78. The van der Waals surface area contributed by atoms with E-state index >= 15 is 0 Å². The van der Waals surface area contributed by atoms with Gasteiger partial charge in [0, 0.05) is 25.0 Å². The van der Waals surface area contributed by atoms with Gasteiger partial charge in [-0.15, -0.1) is 0 Å². The molecule has 19 heavy (non-hydrogen) atoms. The number of nitrogens with one attached hydrogen (secondary N) is 1. The molecule has 1 aliphatic heterocycles. The van der Waals surface area contributed by atoms with Crippen molar-refractivity contribution in [2.75, 3.05) is 19.6 Å². The zero-order valence-electron chi connectivity index (χ0n) is 11.5. The van der Waals surface area contributed by atoms with E-state index in [1.54, 1.807) is 0 Å². The topological polar surface area (TPSA) is 32.3 Å². The summed E-state index contributed by atoms with van der Waals surface area (Å²) in [5.41, 5.74) is 1.39. The normalized spacial score (nSPS) is 29.5. The Morgan fingerprint density at radius 2 is 2.16 bits per heavy atom. The molecule has 0 spiro atoms. The Balaban J connectivity index is 1.43. The molecule has 0 radical (unpaired) electrons. The molecule has 1 heterocycles. The molecular weight excluding hydrogens is 236 g/mol. The monoisotopic (exact) mass is 258 g/mol. The Labute approximate surface area is 115 Å². The number of nitrogens with zero attached hydrogens (tertiary/aromatic N) is 1. The van der Waals surface area contributed by atoms with Crippen LogP contribution in [-0.4, -0.2) is 36.5 Å². The van der Waals surface area contributed by atoms with Crippen LogP contribution < -0.4 is 5.32 Å². The van der Waals surface area contributed by atoms with Gasteiger partial charge < -0.3 is 10.2 Å². The van der Waals surface area contributed by atoms with E-state index in [0.717, 1.165) is 25.9 Å². The summed E-state index contributed by atoms with van der Waals surface area (Å²) in [4.78, 5) is 14.0. The molecule has 3 heteroatoms. The lowest BCUT2D eigenvalue weighted by Crippen LogP contribution is -2.37. The molecule has 2 fully saturated rings. The number of rotatable bonds is 4. The molecule has 2 aliphatic rings. The van der Waals surface area contributed by atoms with E-state index in [9.17, 15) is 4.79 Å². The molecule has 2 unspecified atom stereocenters. The fourth-order valence-electron chi connectivity index (χ4n) is 2.98. The Morgan fingerprint density at radius 3 is 2.84 bits per heavy atom. The van der Waals surface area contributed by atoms with E-state index in [2.05, 4.69) is 36.5 Å². The fraction of sp³-hybridized carbons (Fsp3) is 0.562. The SMILES string of the molecule is C[C@H]1CCN(C(=O)CNC2CC2c2ccccc2)C1. The smallest absolute Gasteiger partial charge is 0.236 e. The number of benzene rings is 1. The molecule has 1 saturated heterocycles. The quantitative estimate of drug-likeness (QED) is 0.896. The highest BCUT2D eigenvalue weighted by atomic mass is 16.2. The lowest BCUT2D eigenvalue weighted by atomic mass is 10.1. The third kappa shape index (κ3) is 2.98. The van der Waals surface area contributed by atoms with Crippen LogP contribution in [0.4, 0.5) is 0 Å². The third-order valence-electron chi connectivity index (χ3n) is 4.31. The number of likely N-dealkylation sites (tertiary alicyclic amines) is 1. The maximum atomic E-state index is 12.0. The van der Waals surface area contributed by atoms with Crippen molar-refractivity contribution in [1.82, 2.24) is 10.2 Å². The molecule has 0 aromatic heterocycles. The summed E-state index contributed by atoms with van der Waals surface area (Å²) in [6.07, 6.45) is 2.31. The first-order chi connectivity index (χ1) is 9.24. The molecule has 1 saturated carbocycles. The first-order valence-electron chi connectivity index (χ1n) is 7.30. The van der Waals surface area contributed by atoms with Gasteiger partial charge >= 0.3 is 0 Å². The van der Waals surface area contributed by atoms with E-state index in [0.29, 0.717) is 24.4 Å². The Morgan fingerprint density at radius 1 is 1.37 bits per heavy atom. The van der Waals surface area contributed by atoms with Crippen LogP contribution in [-0.2, 0) is 4.79 Å². The summed E-state index contributed by atoms with van der Waals surface area (Å²) in [5, 5.41) is 3.41. The summed E-state index contributed by atoms with van der Waals surface area (Å²) >= 11 is 0. The maximum Gasteiger partial charge on any atom is 0.236 e. The predicted octanol–water partition coefficient (Wildman–Crippen LogP) is 2.00. The molecule has 1 aromatic rings. The minimum Gasteiger partial charge on any atom is -0.341 e. The van der Waals surface area contributed by atoms with Crippen LogP contribution in [0.25, 0.3) is 0 Å². The summed E-state index contributed by atoms with van der Waals surface area (Å²) in [5.74, 6) is 1.54. The van der Waals surface area contributed by atoms with Gasteiger partial charge in [-0.05, 0) is 24.3 Å². The van der Waals surface area contributed by atoms with E-state index < -0.39 is 0 Å². The van der Waals surface area contributed by atoms with Crippen LogP contribution >= 0.6 is 0 Å². The van der Waals surface area contributed by atoms with E-state index in [1.165, 1.54) is 5.56 Å². The highest BCUT2D eigenvalue weighted by Crippen LogP contribution is 2.40. The van der Waals surface area contributed by atoms with Gasteiger partial charge in [0.1, 0.15) is 0 Å². The Kier molecular flexibility index (Phi) is 3.56. The summed E-state index contributed by atoms with van der Waals surface area (Å²) in [7, 11) is 0. The van der Waals surface area contributed by atoms with Crippen LogP contribution in [0.5, 0.6) is 0 Å². The second-order valence-electron chi connectivity index (χ2n) is 5.97. The third-order valence-corrected chi connectivity index (χ3v) is 4.31. The highest BCUT2D eigenvalue weighted by Gasteiger charge is 2.38. The molecule has 1 aliphatic carbocycles. The molecule has 3 atom stereocenters. The van der Waals surface area contributed by atoms with Crippen LogP contribution in [0.15, 0.2) is 30.3 Å². The average Bonchev–Trinajstić information content (AvgIpc) is 3.09. The Hall–Kier alpha value is -1.35. The van der Waals surface area contributed by atoms with Gasteiger partial charge in [-0.1, -0.05) is 37.3 Å². The van der Waals surface area contributed by atoms with Gasteiger partial charge in [-0.2, -0.15) is 0 Å². The van der Waals surface area contributed by atoms with Crippen molar-refractivity contribution in [2.45, 2.75) is 31.7 Å². The number of carbonyl (C=O) groups is 1. The molecule has 0 bridgehead atoms. The largest absolute Gasteiger partial charge is 0.341 e. The summed E-state index contributed by atoms with van der Waals surface area (Å²) in [6.45, 7) is 4.59. The predicted molar refractivity (Wildman–Crippen MR) is 76.0 cm³/mol. The second-order valence-corrected chi connectivity index (χ2v) is 5.97. The minimum absolute atomic E-state index is 0.267. The number of amides is 1. The van der Waals surface area contributed by atoms with Crippen LogP contribution in [0, 0.1) is 5.92 Å². The van der Waals surface area contributed by atoms with Crippen molar-refractivity contribution in [3.8, 4) is 0 Å². The molecule has 3 rings (SSSR count). The molecule has 1 N–H and O–H groups in total. The summed E-state index contributed by atoms with van der Waals surface area (Å²) < 4.78 is 0. The van der Waals surface area contributed by atoms with Crippen LogP contribution in [0.3, 0.4) is 0 Å². The lowest BCUT2D eigenvalue weighted by Gasteiger charge is -2.16. The van der Waals surface area contributed by atoms with Crippen molar-refractivity contribution >= 4 is 5.91 Å². The zero-order chi connectivity index (χ0) is 13.2. The molecular formula is C16H22N2O. The van der Waals surface area contributed by atoms with E-state index in [-0.39, 0.29) is 5.91 Å². The van der Waals surface area contributed by atoms with Gasteiger partial charge in [0.2, 0.25) is 5.91 Å². The molecule has 3 nitrogen and oxygen atoms in total. The molecule has 102 valence electrons. The zero-order valence-corrected chi connectivity index (χ0v) is 11.5. The van der Waals surface area contributed by atoms with Crippen molar-refractivity contribution in [3.63, 3.8) is 0 Å². The fourth-order valence-corrected chi connectivity index (χ4v) is 2.98. The van der Waals surface area contributed by atoms with Gasteiger partial charge in [0.15, 0.2) is 0 Å². The van der Waals surface area contributed by atoms with Gasteiger partial charge in [0.25, 0.3) is 0 Å². The Bertz CT molecular complexity index is 445. The first kappa shape index (κ1) is 12.7. The number of carbonyl (C=O) groups excluding carboxylic acids is 1. The average molecular weight is 258 g/mol. The van der Waals surface area contributed by atoms with Crippen molar-refractivity contribution in [3.05, 3.63) is 35.9 Å². The van der Waals surface area contributed by atoms with Crippen LogP contribution in [0.1, 0.15) is 31.2 Å². The van der Waals surface area contributed by atoms with Gasteiger partial charge in [-0.3, -0.25) is 4.79 Å². The van der Waals surface area contributed by atoms with Crippen molar-refractivity contribution in [1.29, 1.82) is 0 Å². The lowest BCUT2D eigenvalue weighted by molar-refractivity contribution is -0.129. The van der Waals surface area contributed by atoms with Gasteiger partial charge in [-0.25, -0.2) is 0 Å². The number of hydrogen-bond donors (Lipinski definition) is 1. The van der Waals surface area contributed by atoms with E-state index in [1.807, 2.05) is 11.0 Å². The van der Waals surface area contributed by atoms with E-state index in [4.69, 9.17) is 0 Å². The number of hydrogen-bond acceptors (Lipinski definition) is 2. The van der Waals surface area contributed by atoms with Crippen LogP contribution in [0.2, 0.25) is 0 Å². The standard InChI is InChI=1S/C16H22N2O/c1-12-7-8-18(11-12)16(19)10-17-15-9-14(15)13-5-3-2-4-6-13/h2-6,12,14-15,17H,7-11H2,1H3/t12-,14?,15?/m0/s1.